The second-order valence-electron chi connectivity index (χ2n) is 10.3. The Hall–Kier alpha value is -3.89. The summed E-state index contributed by atoms with van der Waals surface area (Å²) >= 11 is 18.9. The fourth-order valence-corrected chi connectivity index (χ4v) is 5.67. The molecule has 222 valence electrons. The van der Waals surface area contributed by atoms with E-state index in [1.54, 1.807) is 72.4 Å². The lowest BCUT2D eigenvalue weighted by atomic mass is 9.88. The number of halogens is 3. The molecule has 0 aliphatic carbocycles. The van der Waals surface area contributed by atoms with Crippen LogP contribution in [0.25, 0.3) is 22.3 Å². The van der Waals surface area contributed by atoms with Crippen LogP contribution in [0, 0.1) is 5.92 Å². The summed E-state index contributed by atoms with van der Waals surface area (Å²) in [5.41, 5.74) is 4.17. The van der Waals surface area contributed by atoms with E-state index in [1.807, 2.05) is 13.1 Å². The molecule has 3 atom stereocenters. The van der Waals surface area contributed by atoms with Crippen LogP contribution in [0.5, 0.6) is 0 Å². The zero-order valence-corrected chi connectivity index (χ0v) is 25.6. The van der Waals surface area contributed by atoms with Gasteiger partial charge >= 0.3 is 11.9 Å². The molecule has 2 N–H and O–H groups in total. The number of ether oxygens (including phenoxy) is 1. The van der Waals surface area contributed by atoms with Gasteiger partial charge in [-0.15, -0.1) is 0 Å². The van der Waals surface area contributed by atoms with Crippen LogP contribution in [0.4, 0.5) is 0 Å². The third-order valence-electron chi connectivity index (χ3n) is 7.37. The SMILES string of the molecule is CC1/C(=C\C=C(\C[C@H](O)c2ccc(Cl)cc2-c2cnn(C)c2)C(=O)O)C(=O)OC1c1cc(Cl)c(Cl)cc1-c1cnn(C)c1. The van der Waals surface area contributed by atoms with E-state index in [1.165, 1.54) is 12.2 Å². The van der Waals surface area contributed by atoms with Gasteiger partial charge in [0.1, 0.15) is 6.10 Å². The number of aromatic nitrogens is 4. The minimum absolute atomic E-state index is 0.0962. The minimum Gasteiger partial charge on any atom is -0.478 e. The van der Waals surface area contributed by atoms with Gasteiger partial charge in [-0.3, -0.25) is 9.36 Å². The van der Waals surface area contributed by atoms with Crippen molar-refractivity contribution in [2.24, 2.45) is 20.0 Å². The fourth-order valence-electron chi connectivity index (χ4n) is 5.16. The maximum Gasteiger partial charge on any atom is 0.335 e. The number of hydrogen-bond donors (Lipinski definition) is 2. The molecule has 0 spiro atoms. The highest BCUT2D eigenvalue weighted by Gasteiger charge is 2.39. The first kappa shape index (κ1) is 30.6. The summed E-state index contributed by atoms with van der Waals surface area (Å²) in [4.78, 5) is 25.2. The molecular weight excluding hydrogens is 615 g/mol. The van der Waals surface area contributed by atoms with E-state index in [9.17, 15) is 19.8 Å². The van der Waals surface area contributed by atoms with Crippen molar-refractivity contribution in [2.45, 2.75) is 25.6 Å². The van der Waals surface area contributed by atoms with Gasteiger partial charge in [0, 0.05) is 71.7 Å². The van der Waals surface area contributed by atoms with E-state index in [2.05, 4.69) is 10.2 Å². The van der Waals surface area contributed by atoms with Crippen molar-refractivity contribution in [2.75, 3.05) is 0 Å². The average Bonchev–Trinajstić information content (AvgIpc) is 3.66. The first-order chi connectivity index (χ1) is 20.4. The number of aliphatic hydroxyl groups is 1. The van der Waals surface area contributed by atoms with Gasteiger partial charge in [0.15, 0.2) is 0 Å². The van der Waals surface area contributed by atoms with E-state index in [0.29, 0.717) is 37.3 Å². The number of aliphatic carboxylic acids is 1. The number of nitrogens with zero attached hydrogens (tertiary/aromatic N) is 4. The van der Waals surface area contributed by atoms with E-state index in [4.69, 9.17) is 39.5 Å². The molecule has 0 amide bonds. The van der Waals surface area contributed by atoms with Crippen molar-refractivity contribution in [3.8, 4) is 22.3 Å². The molecule has 4 aromatic rings. The Bertz CT molecular complexity index is 1790. The van der Waals surface area contributed by atoms with Crippen LogP contribution in [-0.4, -0.2) is 41.7 Å². The van der Waals surface area contributed by atoms with Crippen LogP contribution in [-0.2, 0) is 28.4 Å². The van der Waals surface area contributed by atoms with Gasteiger partial charge in [-0.2, -0.15) is 10.2 Å². The zero-order valence-electron chi connectivity index (χ0n) is 23.3. The maximum atomic E-state index is 13.0. The molecule has 1 saturated heterocycles. The Morgan fingerprint density at radius 1 is 1.02 bits per heavy atom. The smallest absolute Gasteiger partial charge is 0.335 e. The average molecular weight is 642 g/mol. The van der Waals surface area contributed by atoms with Crippen LogP contribution in [0.1, 0.15) is 36.7 Å². The maximum absolute atomic E-state index is 13.0. The summed E-state index contributed by atoms with van der Waals surface area (Å²) in [7, 11) is 3.55. The third kappa shape index (κ3) is 6.40. The number of carboxylic acid groups (broad SMARTS) is 1. The number of benzene rings is 2. The van der Waals surface area contributed by atoms with E-state index < -0.39 is 30.1 Å². The molecule has 0 bridgehead atoms. The minimum atomic E-state index is -1.23. The number of cyclic esters (lactones) is 1. The molecule has 43 heavy (non-hydrogen) atoms. The summed E-state index contributed by atoms with van der Waals surface area (Å²) in [6.07, 6.45) is 7.57. The molecule has 9 nitrogen and oxygen atoms in total. The molecular formula is C31H27Cl3N4O5. The predicted molar refractivity (Wildman–Crippen MR) is 164 cm³/mol. The highest BCUT2D eigenvalue weighted by Crippen LogP contribution is 2.45. The number of esters is 1. The van der Waals surface area contributed by atoms with Crippen molar-refractivity contribution >= 4 is 46.7 Å². The second kappa shape index (κ2) is 12.4. The van der Waals surface area contributed by atoms with Crippen molar-refractivity contribution < 1.29 is 24.5 Å². The third-order valence-corrected chi connectivity index (χ3v) is 8.33. The molecule has 0 radical (unpaired) electrons. The molecule has 12 heteroatoms. The van der Waals surface area contributed by atoms with Crippen molar-refractivity contribution in [3.05, 3.63) is 105 Å². The normalized spacial score (nSPS) is 18.7. The number of aliphatic hydroxyl groups excluding tert-OH is 1. The first-order valence-corrected chi connectivity index (χ1v) is 14.4. The van der Waals surface area contributed by atoms with Crippen LogP contribution in [0.15, 0.2) is 78.4 Å². The Morgan fingerprint density at radius 3 is 2.26 bits per heavy atom. The summed E-state index contributed by atoms with van der Waals surface area (Å²) in [6, 6.07) is 8.36. The highest BCUT2D eigenvalue weighted by molar-refractivity contribution is 6.42. The molecule has 3 heterocycles. The first-order valence-electron chi connectivity index (χ1n) is 13.2. The summed E-state index contributed by atoms with van der Waals surface area (Å²) in [5.74, 6) is -2.27. The largest absolute Gasteiger partial charge is 0.478 e. The van der Waals surface area contributed by atoms with Crippen LogP contribution in [0.2, 0.25) is 15.1 Å². The summed E-state index contributed by atoms with van der Waals surface area (Å²) in [5, 5.41) is 30.6. The monoisotopic (exact) mass is 640 g/mol. The van der Waals surface area contributed by atoms with E-state index >= 15 is 0 Å². The molecule has 2 aromatic carbocycles. The highest BCUT2D eigenvalue weighted by atomic mass is 35.5. The summed E-state index contributed by atoms with van der Waals surface area (Å²) < 4.78 is 9.04. The van der Waals surface area contributed by atoms with Gasteiger partial charge < -0.3 is 14.9 Å². The Labute approximate surface area is 262 Å². The number of hydrogen-bond acceptors (Lipinski definition) is 6. The number of rotatable bonds is 8. The van der Waals surface area contributed by atoms with Gasteiger partial charge in [-0.05, 0) is 41.0 Å². The van der Waals surface area contributed by atoms with Crippen molar-refractivity contribution in [3.63, 3.8) is 0 Å². The van der Waals surface area contributed by atoms with Crippen LogP contribution < -0.4 is 0 Å². The lowest BCUT2D eigenvalue weighted by Crippen LogP contribution is -2.08. The predicted octanol–water partition coefficient (Wildman–Crippen LogP) is 6.74. The Balaban J connectivity index is 1.44. The molecule has 0 saturated carbocycles. The van der Waals surface area contributed by atoms with Crippen LogP contribution >= 0.6 is 34.8 Å². The number of allylic oxidation sites excluding steroid dienone is 2. The molecule has 2 aromatic heterocycles. The number of aryl methyl sites for hydroxylation is 2. The zero-order chi connectivity index (χ0) is 31.0. The molecule has 1 aliphatic heterocycles. The quantitative estimate of drug-likeness (QED) is 0.161. The topological polar surface area (TPSA) is 119 Å². The lowest BCUT2D eigenvalue weighted by molar-refractivity contribution is -0.139. The van der Waals surface area contributed by atoms with Crippen molar-refractivity contribution in [1.82, 2.24) is 19.6 Å². The lowest BCUT2D eigenvalue weighted by Gasteiger charge is -2.19. The van der Waals surface area contributed by atoms with E-state index in [-0.39, 0.29) is 17.6 Å². The Kier molecular flexibility index (Phi) is 8.80. The second-order valence-corrected chi connectivity index (χ2v) is 11.6. The number of carboxylic acids is 1. The Morgan fingerprint density at radius 2 is 1.65 bits per heavy atom. The number of carbonyl (C=O) groups excluding carboxylic acids is 1. The molecule has 2 unspecified atom stereocenters. The van der Waals surface area contributed by atoms with Gasteiger partial charge in [-0.25, -0.2) is 9.59 Å². The van der Waals surface area contributed by atoms with E-state index in [0.717, 1.165) is 11.1 Å². The molecule has 1 fully saturated rings. The van der Waals surface area contributed by atoms with Crippen molar-refractivity contribution in [1.29, 1.82) is 0 Å². The molecule has 5 rings (SSSR count). The van der Waals surface area contributed by atoms with Gasteiger partial charge in [0.2, 0.25) is 0 Å². The fraction of sp³-hybridized carbons (Fsp3) is 0.226. The summed E-state index contributed by atoms with van der Waals surface area (Å²) in [6.45, 7) is 1.81. The number of carbonyl (C=O) groups is 2. The molecule has 1 aliphatic rings. The van der Waals surface area contributed by atoms with Crippen LogP contribution in [0.3, 0.4) is 0 Å². The van der Waals surface area contributed by atoms with Gasteiger partial charge in [0.05, 0.1) is 28.5 Å². The van der Waals surface area contributed by atoms with Gasteiger partial charge in [-0.1, -0.05) is 59.9 Å². The van der Waals surface area contributed by atoms with Gasteiger partial charge in [0.25, 0.3) is 0 Å². The standard InChI is InChI=1S/C31H27Cl3N4O5/c1-16-21(31(42)43-29(16)25-11-27(34)26(33)10-24(25)19-13-36-38(3)15-19)6-4-17(30(40)41)8-28(39)22-7-5-20(32)9-23(22)18-12-35-37(2)14-18/h4-7,9-16,28-29,39H,8H2,1-3H3,(H,40,41)/b17-4-,21-6+/t16?,28-,29?/m0/s1.